The van der Waals surface area contributed by atoms with Crippen LogP contribution >= 0.6 is 0 Å². The Hall–Kier alpha value is -2.65. The van der Waals surface area contributed by atoms with Crippen LogP contribution in [0, 0.1) is 10.1 Å². The lowest BCUT2D eigenvalue weighted by Gasteiger charge is -2.14. The third-order valence-corrected chi connectivity index (χ3v) is 2.44. The summed E-state index contributed by atoms with van der Waals surface area (Å²) in [6.45, 7) is -0.516. The molecule has 1 rings (SSSR count). The number of para-hydroxylation sites is 1. The molecule has 0 spiro atoms. The zero-order valence-corrected chi connectivity index (χ0v) is 11.2. The second kappa shape index (κ2) is 6.87. The zero-order chi connectivity index (χ0) is 16.9. The molecule has 0 aromatic heterocycles. The van der Waals surface area contributed by atoms with Gasteiger partial charge in [0.15, 0.2) is 6.10 Å². The smallest absolute Gasteiger partial charge is 0.405 e. The Balaban J connectivity index is 2.72. The van der Waals surface area contributed by atoms with E-state index in [1.807, 2.05) is 0 Å². The second-order valence-corrected chi connectivity index (χ2v) is 4.15. The highest BCUT2D eigenvalue weighted by molar-refractivity contribution is 5.95. The number of hydrogen-bond acceptors (Lipinski definition) is 5. The Kier molecular flexibility index (Phi) is 5.44. The van der Waals surface area contributed by atoms with E-state index in [1.54, 1.807) is 5.32 Å². The van der Waals surface area contributed by atoms with Crippen LogP contribution in [0.25, 0.3) is 0 Å². The number of ether oxygens (including phenoxy) is 1. The number of nitrogens with zero attached hydrogens (tertiary/aromatic N) is 1. The van der Waals surface area contributed by atoms with Crippen molar-refractivity contribution in [3.05, 3.63) is 39.9 Å². The number of nitro benzene ring substituents is 1. The van der Waals surface area contributed by atoms with E-state index in [0.717, 1.165) is 19.1 Å². The quantitative estimate of drug-likeness (QED) is 0.507. The molecule has 0 aliphatic rings. The van der Waals surface area contributed by atoms with E-state index in [9.17, 15) is 32.9 Å². The number of carbonyl (C=O) groups excluding carboxylic acids is 2. The van der Waals surface area contributed by atoms with Gasteiger partial charge in [0.1, 0.15) is 12.1 Å². The molecule has 1 aromatic rings. The van der Waals surface area contributed by atoms with Crippen LogP contribution in [0.2, 0.25) is 0 Å². The summed E-state index contributed by atoms with van der Waals surface area (Å²) < 4.78 is 40.5. The van der Waals surface area contributed by atoms with Crippen molar-refractivity contribution in [2.24, 2.45) is 0 Å². The van der Waals surface area contributed by atoms with Crippen LogP contribution in [0.1, 0.15) is 17.3 Å². The molecule has 10 heteroatoms. The van der Waals surface area contributed by atoms with Crippen LogP contribution in [0.5, 0.6) is 0 Å². The van der Waals surface area contributed by atoms with E-state index < -0.39 is 46.9 Å². The highest BCUT2D eigenvalue weighted by atomic mass is 19.4. The average Bonchev–Trinajstić information content (AvgIpc) is 2.43. The Morgan fingerprint density at radius 2 is 1.95 bits per heavy atom. The van der Waals surface area contributed by atoms with Gasteiger partial charge in [-0.2, -0.15) is 13.2 Å². The van der Waals surface area contributed by atoms with Crippen LogP contribution in [-0.4, -0.2) is 35.6 Å². The first-order valence-electron chi connectivity index (χ1n) is 5.90. The first-order valence-corrected chi connectivity index (χ1v) is 5.90. The summed E-state index contributed by atoms with van der Waals surface area (Å²) in [4.78, 5) is 33.0. The maximum atomic E-state index is 12.0. The molecule has 0 heterocycles. The van der Waals surface area contributed by atoms with Crippen LogP contribution in [-0.2, 0) is 9.53 Å². The van der Waals surface area contributed by atoms with Crippen LogP contribution in [0.15, 0.2) is 24.3 Å². The summed E-state index contributed by atoms with van der Waals surface area (Å²) in [5, 5.41) is 12.3. The standard InChI is InChI=1S/C12H11F3N2O5/c1-7(10(18)16-6-12(13,14)15)22-11(19)8-4-2-3-5-9(8)17(20)21/h2-5,7H,6H2,1H3,(H,16,18). The Morgan fingerprint density at radius 3 is 2.50 bits per heavy atom. The van der Waals surface area contributed by atoms with Crippen molar-refractivity contribution in [3.63, 3.8) is 0 Å². The molecule has 0 saturated carbocycles. The van der Waals surface area contributed by atoms with E-state index in [0.29, 0.717) is 0 Å². The average molecular weight is 320 g/mol. The molecule has 22 heavy (non-hydrogen) atoms. The fourth-order valence-electron chi connectivity index (χ4n) is 1.41. The van der Waals surface area contributed by atoms with Crippen molar-refractivity contribution in [3.8, 4) is 0 Å². The molecule has 1 atom stereocenters. The van der Waals surface area contributed by atoms with E-state index >= 15 is 0 Å². The maximum Gasteiger partial charge on any atom is 0.405 e. The van der Waals surface area contributed by atoms with Crippen molar-refractivity contribution in [1.82, 2.24) is 5.32 Å². The Bertz CT molecular complexity index is 588. The van der Waals surface area contributed by atoms with Gasteiger partial charge in [-0.25, -0.2) is 4.79 Å². The molecule has 0 fully saturated rings. The fourth-order valence-corrected chi connectivity index (χ4v) is 1.41. The molecule has 7 nitrogen and oxygen atoms in total. The van der Waals surface area contributed by atoms with Crippen molar-refractivity contribution < 1.29 is 32.4 Å². The van der Waals surface area contributed by atoms with E-state index in [2.05, 4.69) is 4.74 Å². The first-order chi connectivity index (χ1) is 10.1. The lowest BCUT2D eigenvalue weighted by atomic mass is 10.2. The molecule has 1 aromatic carbocycles. The molecule has 1 N–H and O–H groups in total. The molecule has 0 aliphatic carbocycles. The molecule has 120 valence electrons. The lowest BCUT2D eigenvalue weighted by Crippen LogP contribution is -2.40. The maximum absolute atomic E-state index is 12.0. The summed E-state index contributed by atoms with van der Waals surface area (Å²) in [5.74, 6) is -2.34. The van der Waals surface area contributed by atoms with E-state index in [4.69, 9.17) is 0 Å². The lowest BCUT2D eigenvalue weighted by molar-refractivity contribution is -0.385. The van der Waals surface area contributed by atoms with Crippen molar-refractivity contribution in [1.29, 1.82) is 0 Å². The van der Waals surface area contributed by atoms with Crippen molar-refractivity contribution >= 4 is 17.6 Å². The minimum absolute atomic E-state index is 0.400. The highest BCUT2D eigenvalue weighted by Crippen LogP contribution is 2.19. The number of carbonyl (C=O) groups is 2. The van der Waals surface area contributed by atoms with Crippen LogP contribution in [0.3, 0.4) is 0 Å². The summed E-state index contributed by atoms with van der Waals surface area (Å²) in [5.41, 5.74) is -0.932. The van der Waals surface area contributed by atoms with Gasteiger partial charge in [0.2, 0.25) is 0 Å². The molecule has 0 aliphatic heterocycles. The molecular formula is C12H11F3N2O5. The number of nitrogens with one attached hydrogen (secondary N) is 1. The number of alkyl halides is 3. The molecule has 0 bridgehead atoms. The Labute approximate surface area is 122 Å². The van der Waals surface area contributed by atoms with Crippen molar-refractivity contribution in [2.45, 2.75) is 19.2 Å². The normalized spacial score (nSPS) is 12.4. The number of benzene rings is 1. The van der Waals surface area contributed by atoms with Gasteiger partial charge in [0, 0.05) is 6.07 Å². The first kappa shape index (κ1) is 17.4. The number of hydrogen-bond donors (Lipinski definition) is 1. The van der Waals surface area contributed by atoms with Crippen molar-refractivity contribution in [2.75, 3.05) is 6.54 Å². The van der Waals surface area contributed by atoms with Crippen LogP contribution in [0.4, 0.5) is 18.9 Å². The number of nitro groups is 1. The molecule has 1 amide bonds. The summed E-state index contributed by atoms with van der Waals surface area (Å²) >= 11 is 0. The summed E-state index contributed by atoms with van der Waals surface area (Å²) in [6, 6.07) is 4.85. The van der Waals surface area contributed by atoms with Gasteiger partial charge in [-0.3, -0.25) is 14.9 Å². The van der Waals surface area contributed by atoms with Gasteiger partial charge in [-0.1, -0.05) is 12.1 Å². The number of amides is 1. The number of rotatable bonds is 5. The van der Waals surface area contributed by atoms with Gasteiger partial charge in [-0.15, -0.1) is 0 Å². The third kappa shape index (κ3) is 5.04. The van der Waals surface area contributed by atoms with Gasteiger partial charge in [0.05, 0.1) is 4.92 Å². The molecule has 0 radical (unpaired) electrons. The van der Waals surface area contributed by atoms with E-state index in [1.165, 1.54) is 12.1 Å². The fraction of sp³-hybridized carbons (Fsp3) is 0.333. The predicted molar refractivity (Wildman–Crippen MR) is 67.0 cm³/mol. The summed E-state index contributed by atoms with van der Waals surface area (Å²) in [7, 11) is 0. The van der Waals surface area contributed by atoms with Gasteiger partial charge >= 0.3 is 12.1 Å². The molecule has 0 saturated heterocycles. The minimum atomic E-state index is -4.60. The van der Waals surface area contributed by atoms with E-state index in [-0.39, 0.29) is 0 Å². The third-order valence-electron chi connectivity index (χ3n) is 2.44. The topological polar surface area (TPSA) is 98.5 Å². The van der Waals surface area contributed by atoms with Gasteiger partial charge < -0.3 is 10.1 Å². The van der Waals surface area contributed by atoms with Gasteiger partial charge in [0.25, 0.3) is 11.6 Å². The largest absolute Gasteiger partial charge is 0.449 e. The van der Waals surface area contributed by atoms with Gasteiger partial charge in [-0.05, 0) is 13.0 Å². The SMILES string of the molecule is CC(OC(=O)c1ccccc1[N+](=O)[O-])C(=O)NCC(F)(F)F. The molecular weight excluding hydrogens is 309 g/mol. The van der Waals surface area contributed by atoms with Crippen LogP contribution < -0.4 is 5.32 Å². The summed E-state index contributed by atoms with van der Waals surface area (Å²) in [6.07, 6.45) is -6.13. The number of halogens is 3. The zero-order valence-electron chi connectivity index (χ0n) is 11.2. The predicted octanol–water partition coefficient (Wildman–Crippen LogP) is 1.82. The molecule has 1 unspecified atom stereocenters. The minimum Gasteiger partial charge on any atom is -0.449 e. The number of esters is 1. The monoisotopic (exact) mass is 320 g/mol. The Morgan fingerprint density at radius 1 is 1.36 bits per heavy atom. The highest BCUT2D eigenvalue weighted by Gasteiger charge is 2.30. The second-order valence-electron chi connectivity index (χ2n) is 4.15.